The van der Waals surface area contributed by atoms with E-state index in [1.54, 1.807) is 0 Å². The molecule has 19 heavy (non-hydrogen) atoms. The van der Waals surface area contributed by atoms with Crippen molar-refractivity contribution in [1.82, 2.24) is 9.97 Å². The molecule has 0 saturated carbocycles. The maximum absolute atomic E-state index is 11.0. The Morgan fingerprint density at radius 3 is 2.63 bits per heavy atom. The number of hydrogen-bond acceptors (Lipinski definition) is 4. The smallest absolute Gasteiger partial charge is 0.156 e. The van der Waals surface area contributed by atoms with Gasteiger partial charge in [-0.2, -0.15) is 0 Å². The number of benzene rings is 1. The molecule has 0 bridgehead atoms. The van der Waals surface area contributed by atoms with Crippen LogP contribution >= 0.6 is 11.6 Å². The Labute approximate surface area is 116 Å². The van der Waals surface area contributed by atoms with Gasteiger partial charge in [-0.3, -0.25) is 4.79 Å². The SMILES string of the molecule is CCCc1ccc(Nc2ncnc(Cl)c2C=O)cc1. The monoisotopic (exact) mass is 275 g/mol. The van der Waals surface area contributed by atoms with Gasteiger partial charge in [0.15, 0.2) is 6.29 Å². The maximum atomic E-state index is 11.0. The Morgan fingerprint density at radius 2 is 2.00 bits per heavy atom. The van der Waals surface area contributed by atoms with Gasteiger partial charge in [0.05, 0.1) is 5.56 Å². The molecule has 4 nitrogen and oxygen atoms in total. The van der Waals surface area contributed by atoms with Crippen LogP contribution in [0.15, 0.2) is 30.6 Å². The van der Waals surface area contributed by atoms with Crippen LogP contribution in [-0.4, -0.2) is 16.3 Å². The van der Waals surface area contributed by atoms with Crippen molar-refractivity contribution in [3.05, 3.63) is 46.9 Å². The second-order valence-corrected chi connectivity index (χ2v) is 4.47. The third-order valence-electron chi connectivity index (χ3n) is 2.71. The largest absolute Gasteiger partial charge is 0.339 e. The molecule has 0 saturated heterocycles. The van der Waals surface area contributed by atoms with Crippen LogP contribution in [-0.2, 0) is 6.42 Å². The van der Waals surface area contributed by atoms with Crippen molar-refractivity contribution in [3.63, 3.8) is 0 Å². The molecule has 1 aromatic carbocycles. The summed E-state index contributed by atoms with van der Waals surface area (Å²) < 4.78 is 0. The predicted molar refractivity (Wildman–Crippen MR) is 76.1 cm³/mol. The topological polar surface area (TPSA) is 54.9 Å². The zero-order chi connectivity index (χ0) is 13.7. The van der Waals surface area contributed by atoms with Crippen molar-refractivity contribution < 1.29 is 4.79 Å². The van der Waals surface area contributed by atoms with Crippen molar-refractivity contribution in [3.8, 4) is 0 Å². The summed E-state index contributed by atoms with van der Waals surface area (Å²) in [5.41, 5.74) is 2.41. The number of aromatic nitrogens is 2. The Balaban J connectivity index is 2.21. The van der Waals surface area contributed by atoms with Crippen molar-refractivity contribution in [2.45, 2.75) is 19.8 Å². The summed E-state index contributed by atoms with van der Waals surface area (Å²) in [6.07, 6.45) is 4.14. The standard InChI is InChI=1S/C14H14ClN3O/c1-2-3-10-4-6-11(7-5-10)18-14-12(8-19)13(15)16-9-17-14/h4-9H,2-3H2,1H3,(H,16,17,18). The van der Waals surface area contributed by atoms with Crippen molar-refractivity contribution in [2.24, 2.45) is 0 Å². The van der Waals surface area contributed by atoms with E-state index < -0.39 is 0 Å². The fourth-order valence-electron chi connectivity index (χ4n) is 1.76. The quantitative estimate of drug-likeness (QED) is 0.669. The molecule has 0 amide bonds. The molecule has 0 radical (unpaired) electrons. The van der Waals surface area contributed by atoms with E-state index in [4.69, 9.17) is 11.6 Å². The van der Waals surface area contributed by atoms with E-state index >= 15 is 0 Å². The first-order chi connectivity index (χ1) is 9.24. The van der Waals surface area contributed by atoms with E-state index in [-0.39, 0.29) is 10.7 Å². The number of anilines is 2. The summed E-state index contributed by atoms with van der Waals surface area (Å²) in [7, 11) is 0. The van der Waals surface area contributed by atoms with Gasteiger partial charge < -0.3 is 5.32 Å². The third kappa shape index (κ3) is 3.29. The van der Waals surface area contributed by atoms with Gasteiger partial charge in [0.25, 0.3) is 0 Å². The number of rotatable bonds is 5. The molecule has 5 heteroatoms. The Kier molecular flexibility index (Phi) is 4.47. The first kappa shape index (κ1) is 13.5. The van der Waals surface area contributed by atoms with Crippen LogP contribution in [0, 0.1) is 0 Å². The molecular formula is C14H14ClN3O. The van der Waals surface area contributed by atoms with E-state index in [0.717, 1.165) is 18.5 Å². The third-order valence-corrected chi connectivity index (χ3v) is 3.01. The van der Waals surface area contributed by atoms with Crippen LogP contribution in [0.25, 0.3) is 0 Å². The lowest BCUT2D eigenvalue weighted by Crippen LogP contribution is -2.00. The highest BCUT2D eigenvalue weighted by atomic mass is 35.5. The van der Waals surface area contributed by atoms with E-state index in [9.17, 15) is 4.79 Å². The molecule has 1 aromatic heterocycles. The predicted octanol–water partition coefficient (Wildman–Crippen LogP) is 3.64. The lowest BCUT2D eigenvalue weighted by Gasteiger charge is -2.08. The highest BCUT2D eigenvalue weighted by molar-refractivity contribution is 6.32. The van der Waals surface area contributed by atoms with Crippen molar-refractivity contribution >= 4 is 29.4 Å². The van der Waals surface area contributed by atoms with Crippen LogP contribution in [0.4, 0.5) is 11.5 Å². The molecule has 98 valence electrons. The van der Waals surface area contributed by atoms with Crippen LogP contribution in [0.5, 0.6) is 0 Å². The van der Waals surface area contributed by atoms with Crippen molar-refractivity contribution in [2.75, 3.05) is 5.32 Å². The highest BCUT2D eigenvalue weighted by Crippen LogP contribution is 2.22. The van der Waals surface area contributed by atoms with E-state index in [1.165, 1.54) is 11.9 Å². The zero-order valence-electron chi connectivity index (χ0n) is 10.6. The van der Waals surface area contributed by atoms with E-state index in [2.05, 4.69) is 34.3 Å². The van der Waals surface area contributed by atoms with Gasteiger partial charge >= 0.3 is 0 Å². The van der Waals surface area contributed by atoms with Crippen LogP contribution < -0.4 is 5.32 Å². The molecule has 1 heterocycles. The van der Waals surface area contributed by atoms with Crippen LogP contribution in [0.2, 0.25) is 5.15 Å². The minimum Gasteiger partial charge on any atom is -0.339 e. The lowest BCUT2D eigenvalue weighted by atomic mass is 10.1. The number of carbonyl (C=O) groups is 1. The Morgan fingerprint density at radius 1 is 1.26 bits per heavy atom. The number of aldehydes is 1. The fourth-order valence-corrected chi connectivity index (χ4v) is 1.94. The maximum Gasteiger partial charge on any atom is 0.156 e. The minimum absolute atomic E-state index is 0.148. The van der Waals surface area contributed by atoms with E-state index in [0.29, 0.717) is 12.1 Å². The Hall–Kier alpha value is -1.94. The number of nitrogens with zero attached hydrogens (tertiary/aromatic N) is 2. The van der Waals surface area contributed by atoms with E-state index in [1.807, 2.05) is 12.1 Å². The molecule has 0 aliphatic rings. The second kappa shape index (κ2) is 6.29. The summed E-state index contributed by atoms with van der Waals surface area (Å²) >= 11 is 5.84. The van der Waals surface area contributed by atoms with Gasteiger partial charge in [-0.15, -0.1) is 0 Å². The summed E-state index contributed by atoms with van der Waals surface area (Å²) in [4.78, 5) is 18.8. The molecule has 0 aliphatic carbocycles. The van der Waals surface area contributed by atoms with Gasteiger partial charge in [0, 0.05) is 5.69 Å². The first-order valence-corrected chi connectivity index (χ1v) is 6.44. The molecule has 1 N–H and O–H groups in total. The molecule has 0 aliphatic heterocycles. The molecule has 0 spiro atoms. The number of aryl methyl sites for hydroxylation is 1. The molecule has 0 fully saturated rings. The average molecular weight is 276 g/mol. The van der Waals surface area contributed by atoms with Gasteiger partial charge in [-0.05, 0) is 24.1 Å². The molecule has 2 rings (SSSR count). The molecule has 0 atom stereocenters. The number of nitrogens with one attached hydrogen (secondary N) is 1. The lowest BCUT2D eigenvalue weighted by molar-refractivity contribution is 0.112. The minimum atomic E-state index is 0.148. The molecular weight excluding hydrogens is 262 g/mol. The average Bonchev–Trinajstić information content (AvgIpc) is 2.42. The Bertz CT molecular complexity index is 569. The van der Waals surface area contributed by atoms with Gasteiger partial charge in [-0.25, -0.2) is 9.97 Å². The summed E-state index contributed by atoms with van der Waals surface area (Å²) in [5, 5.41) is 3.22. The molecule has 0 unspecified atom stereocenters. The number of hydrogen-bond donors (Lipinski definition) is 1. The first-order valence-electron chi connectivity index (χ1n) is 6.06. The summed E-state index contributed by atoms with van der Waals surface area (Å²) in [6.45, 7) is 2.14. The number of carbonyl (C=O) groups excluding carboxylic acids is 1. The van der Waals surface area contributed by atoms with Gasteiger partial charge in [0.1, 0.15) is 17.3 Å². The van der Waals surface area contributed by atoms with Gasteiger partial charge in [0.2, 0.25) is 0 Å². The fraction of sp³-hybridized carbons (Fsp3) is 0.214. The van der Waals surface area contributed by atoms with Crippen LogP contribution in [0.3, 0.4) is 0 Å². The second-order valence-electron chi connectivity index (χ2n) is 4.12. The zero-order valence-corrected chi connectivity index (χ0v) is 11.3. The number of halogens is 1. The highest BCUT2D eigenvalue weighted by Gasteiger charge is 2.08. The van der Waals surface area contributed by atoms with Crippen molar-refractivity contribution in [1.29, 1.82) is 0 Å². The summed E-state index contributed by atoms with van der Waals surface area (Å²) in [5.74, 6) is 0.415. The normalized spacial score (nSPS) is 10.2. The van der Waals surface area contributed by atoms with Crippen LogP contribution in [0.1, 0.15) is 29.3 Å². The molecule has 2 aromatic rings. The van der Waals surface area contributed by atoms with Gasteiger partial charge in [-0.1, -0.05) is 37.1 Å². The summed E-state index contributed by atoms with van der Waals surface area (Å²) in [6, 6.07) is 8.01.